The second kappa shape index (κ2) is 7.90. The average molecular weight is 392 g/mol. The fourth-order valence-corrected chi connectivity index (χ4v) is 4.33. The Balaban J connectivity index is 1.50. The summed E-state index contributed by atoms with van der Waals surface area (Å²) < 4.78 is 0. The van der Waals surface area contributed by atoms with Gasteiger partial charge >= 0.3 is 0 Å². The lowest BCUT2D eigenvalue weighted by molar-refractivity contribution is -0.132. The monoisotopic (exact) mass is 392 g/mol. The van der Waals surface area contributed by atoms with Gasteiger partial charge in [-0.1, -0.05) is 65.9 Å². The summed E-state index contributed by atoms with van der Waals surface area (Å²) in [7, 11) is 0. The minimum absolute atomic E-state index is 0.0189. The molecule has 0 saturated heterocycles. The number of hydrogen-bond donors (Lipinski definition) is 1. The molecule has 0 aliphatic carbocycles. The maximum Gasteiger partial charge on any atom is 0.228 e. The van der Waals surface area contributed by atoms with Crippen molar-refractivity contribution in [1.82, 2.24) is 15.1 Å². The third kappa shape index (κ3) is 3.80. The molecule has 0 radical (unpaired) electrons. The molecule has 1 N–H and O–H groups in total. The van der Waals surface area contributed by atoms with E-state index in [-0.39, 0.29) is 24.3 Å². The van der Waals surface area contributed by atoms with E-state index in [0.29, 0.717) is 11.7 Å². The molecule has 3 aromatic rings. The standard InChI is InChI=1S/C21H20N4O2S/c1-14(26)25-12-11-15-7-5-6-10-17(15)18(25)13-19(27)22-21-24-23-20(28-21)16-8-3-2-4-9-16/h2-10,18H,11-13H2,1H3,(H,22,24,27). The van der Waals surface area contributed by atoms with Gasteiger partial charge in [-0.3, -0.25) is 9.59 Å². The summed E-state index contributed by atoms with van der Waals surface area (Å²) in [4.78, 5) is 26.6. The van der Waals surface area contributed by atoms with Crippen molar-refractivity contribution in [1.29, 1.82) is 0 Å². The second-order valence-electron chi connectivity index (χ2n) is 6.71. The van der Waals surface area contributed by atoms with Gasteiger partial charge in [0.05, 0.1) is 12.5 Å². The van der Waals surface area contributed by atoms with Crippen molar-refractivity contribution in [2.75, 3.05) is 11.9 Å². The maximum atomic E-state index is 12.7. The van der Waals surface area contributed by atoms with E-state index in [9.17, 15) is 9.59 Å². The Morgan fingerprint density at radius 2 is 1.86 bits per heavy atom. The van der Waals surface area contributed by atoms with Gasteiger partial charge in [-0.25, -0.2) is 0 Å². The molecule has 1 aromatic heterocycles. The van der Waals surface area contributed by atoms with Gasteiger partial charge in [-0.2, -0.15) is 0 Å². The van der Waals surface area contributed by atoms with Gasteiger partial charge in [0.2, 0.25) is 16.9 Å². The Morgan fingerprint density at radius 1 is 1.11 bits per heavy atom. The number of amides is 2. The average Bonchev–Trinajstić information content (AvgIpc) is 3.17. The highest BCUT2D eigenvalue weighted by atomic mass is 32.1. The van der Waals surface area contributed by atoms with E-state index >= 15 is 0 Å². The number of anilines is 1. The third-order valence-corrected chi connectivity index (χ3v) is 5.78. The highest BCUT2D eigenvalue weighted by Gasteiger charge is 2.30. The molecule has 142 valence electrons. The minimum Gasteiger partial charge on any atom is -0.335 e. The van der Waals surface area contributed by atoms with Crippen LogP contribution in [0, 0.1) is 0 Å². The first kappa shape index (κ1) is 18.3. The molecule has 1 unspecified atom stereocenters. The van der Waals surface area contributed by atoms with Crippen LogP contribution in [0.25, 0.3) is 10.6 Å². The lowest BCUT2D eigenvalue weighted by Crippen LogP contribution is -2.40. The Hall–Kier alpha value is -3.06. The van der Waals surface area contributed by atoms with E-state index in [1.807, 2.05) is 48.5 Å². The lowest BCUT2D eigenvalue weighted by atomic mass is 9.90. The van der Waals surface area contributed by atoms with Crippen molar-refractivity contribution in [3.63, 3.8) is 0 Å². The van der Waals surface area contributed by atoms with Gasteiger partial charge in [0.25, 0.3) is 0 Å². The Labute approximate surface area is 167 Å². The van der Waals surface area contributed by atoms with Gasteiger partial charge < -0.3 is 10.2 Å². The number of aromatic nitrogens is 2. The highest BCUT2D eigenvalue weighted by Crippen LogP contribution is 2.33. The smallest absolute Gasteiger partial charge is 0.228 e. The summed E-state index contributed by atoms with van der Waals surface area (Å²) in [5, 5.41) is 12.3. The number of carbonyl (C=O) groups is 2. The van der Waals surface area contributed by atoms with Gasteiger partial charge in [-0.05, 0) is 17.5 Å². The van der Waals surface area contributed by atoms with Gasteiger partial charge in [0, 0.05) is 19.0 Å². The van der Waals surface area contributed by atoms with Crippen LogP contribution in [-0.2, 0) is 16.0 Å². The van der Waals surface area contributed by atoms with E-state index in [1.165, 1.54) is 16.9 Å². The summed E-state index contributed by atoms with van der Waals surface area (Å²) >= 11 is 1.33. The molecule has 28 heavy (non-hydrogen) atoms. The van der Waals surface area contributed by atoms with Gasteiger partial charge in [0.15, 0.2) is 0 Å². The van der Waals surface area contributed by atoms with Crippen molar-refractivity contribution < 1.29 is 9.59 Å². The zero-order valence-corrected chi connectivity index (χ0v) is 16.3. The van der Waals surface area contributed by atoms with E-state index < -0.39 is 0 Å². The first-order valence-electron chi connectivity index (χ1n) is 9.15. The molecule has 0 fully saturated rings. The predicted octanol–water partition coefficient (Wildman–Crippen LogP) is 3.68. The molecule has 6 nitrogen and oxygen atoms in total. The summed E-state index contributed by atoms with van der Waals surface area (Å²) in [6.07, 6.45) is 1.00. The van der Waals surface area contributed by atoms with Crippen LogP contribution in [0.3, 0.4) is 0 Å². The molecule has 2 aromatic carbocycles. The zero-order chi connectivity index (χ0) is 19.5. The van der Waals surface area contributed by atoms with E-state index in [0.717, 1.165) is 22.6 Å². The van der Waals surface area contributed by atoms with E-state index in [1.54, 1.807) is 11.8 Å². The van der Waals surface area contributed by atoms with Crippen molar-refractivity contribution in [3.8, 4) is 10.6 Å². The van der Waals surface area contributed by atoms with Crippen LogP contribution in [0.15, 0.2) is 54.6 Å². The Bertz CT molecular complexity index is 1000. The molecule has 7 heteroatoms. The molecule has 1 atom stereocenters. The number of nitrogens with one attached hydrogen (secondary N) is 1. The molecule has 0 saturated carbocycles. The number of hydrogen-bond acceptors (Lipinski definition) is 5. The largest absolute Gasteiger partial charge is 0.335 e. The summed E-state index contributed by atoms with van der Waals surface area (Å²) in [6, 6.07) is 17.5. The second-order valence-corrected chi connectivity index (χ2v) is 7.69. The predicted molar refractivity (Wildman–Crippen MR) is 109 cm³/mol. The van der Waals surface area contributed by atoms with Crippen molar-refractivity contribution >= 4 is 28.3 Å². The number of nitrogens with zero attached hydrogens (tertiary/aromatic N) is 3. The lowest BCUT2D eigenvalue weighted by Gasteiger charge is -2.36. The molecule has 1 aliphatic rings. The summed E-state index contributed by atoms with van der Waals surface area (Å²) in [5.41, 5.74) is 3.20. The van der Waals surface area contributed by atoms with Crippen LogP contribution in [0.2, 0.25) is 0 Å². The normalized spacial score (nSPS) is 15.8. The van der Waals surface area contributed by atoms with Crippen molar-refractivity contribution in [2.45, 2.75) is 25.8 Å². The number of fused-ring (bicyclic) bond motifs is 1. The number of rotatable bonds is 4. The van der Waals surface area contributed by atoms with Crippen molar-refractivity contribution in [3.05, 3.63) is 65.7 Å². The van der Waals surface area contributed by atoms with Crippen LogP contribution in [0.5, 0.6) is 0 Å². The van der Waals surface area contributed by atoms with Crippen LogP contribution >= 0.6 is 11.3 Å². The molecule has 1 aliphatic heterocycles. The first-order chi connectivity index (χ1) is 13.6. The van der Waals surface area contributed by atoms with Gasteiger partial charge in [0.1, 0.15) is 5.01 Å². The van der Waals surface area contributed by atoms with Gasteiger partial charge in [-0.15, -0.1) is 10.2 Å². The quantitative estimate of drug-likeness (QED) is 0.735. The van der Waals surface area contributed by atoms with E-state index in [4.69, 9.17) is 0 Å². The topological polar surface area (TPSA) is 75.2 Å². The number of benzene rings is 2. The molecule has 0 bridgehead atoms. The van der Waals surface area contributed by atoms with Crippen LogP contribution in [-0.4, -0.2) is 33.5 Å². The van der Waals surface area contributed by atoms with E-state index in [2.05, 4.69) is 21.6 Å². The molecule has 2 heterocycles. The van der Waals surface area contributed by atoms with Crippen LogP contribution in [0.4, 0.5) is 5.13 Å². The Kier molecular flexibility index (Phi) is 5.16. The fraction of sp³-hybridized carbons (Fsp3) is 0.238. The number of carbonyl (C=O) groups excluding carboxylic acids is 2. The first-order valence-corrected chi connectivity index (χ1v) is 9.97. The fourth-order valence-electron chi connectivity index (χ4n) is 3.57. The molecule has 0 spiro atoms. The molecule has 4 rings (SSSR count). The van der Waals surface area contributed by atoms with Crippen molar-refractivity contribution in [2.24, 2.45) is 0 Å². The summed E-state index contributed by atoms with van der Waals surface area (Å²) in [5.74, 6) is -0.196. The molecular weight excluding hydrogens is 372 g/mol. The SMILES string of the molecule is CC(=O)N1CCc2ccccc2C1CC(=O)Nc1nnc(-c2ccccc2)s1. The molecule has 2 amide bonds. The minimum atomic E-state index is -0.260. The third-order valence-electron chi connectivity index (χ3n) is 4.89. The van der Waals surface area contributed by atoms with Crippen LogP contribution in [0.1, 0.15) is 30.5 Å². The zero-order valence-electron chi connectivity index (χ0n) is 15.5. The highest BCUT2D eigenvalue weighted by molar-refractivity contribution is 7.18. The molecular formula is C21H20N4O2S. The Morgan fingerprint density at radius 3 is 2.64 bits per heavy atom. The summed E-state index contributed by atoms with van der Waals surface area (Å²) in [6.45, 7) is 2.18. The maximum absolute atomic E-state index is 12.7. The van der Waals surface area contributed by atoms with Crippen LogP contribution < -0.4 is 5.32 Å².